The van der Waals surface area contributed by atoms with Crippen LogP contribution in [0.3, 0.4) is 0 Å². The highest BCUT2D eigenvalue weighted by atomic mass is 31.2. The Morgan fingerprint density at radius 1 is 0.788 bits per heavy atom. The minimum Gasteiger partial charge on any atom is -0.462 e. The Morgan fingerprint density at radius 2 is 1.37 bits per heavy atom. The lowest BCUT2D eigenvalue weighted by Gasteiger charge is -2.36. The first-order valence-electron chi connectivity index (χ1n) is 20.0. The van der Waals surface area contributed by atoms with Crippen LogP contribution in [-0.4, -0.2) is 81.0 Å². The SMILES string of the molecule is CCCCCCCCCCCCCCCC(=O)OC[C@H](COP(=O)(O)O)OC(=O)CCC/C=C\C[C@H]1[C@@H](O)CC(O)O[C@@H]1/C=C/[C@@H](O)CCCCC. The topological polar surface area (TPSA) is 189 Å². The van der Waals surface area contributed by atoms with Crippen LogP contribution in [0.1, 0.15) is 162 Å². The number of allylic oxidation sites excluding steroid dienone is 2. The number of phosphoric ester groups is 1. The molecule has 304 valence electrons. The van der Waals surface area contributed by atoms with E-state index in [2.05, 4.69) is 18.4 Å². The average molecular weight is 763 g/mol. The van der Waals surface area contributed by atoms with Crippen LogP contribution in [0.25, 0.3) is 0 Å². The average Bonchev–Trinajstić information content (AvgIpc) is 3.09. The second-order valence-corrected chi connectivity index (χ2v) is 15.4. The predicted octanol–water partition coefficient (Wildman–Crippen LogP) is 7.73. The van der Waals surface area contributed by atoms with Gasteiger partial charge in [0, 0.05) is 25.2 Å². The molecule has 5 N–H and O–H groups in total. The Bertz CT molecular complexity index is 1020. The molecule has 1 saturated heterocycles. The summed E-state index contributed by atoms with van der Waals surface area (Å²) in [4.78, 5) is 43.0. The summed E-state index contributed by atoms with van der Waals surface area (Å²) in [7, 11) is -4.83. The van der Waals surface area contributed by atoms with E-state index in [1.807, 2.05) is 12.2 Å². The first-order valence-corrected chi connectivity index (χ1v) is 21.6. The third kappa shape index (κ3) is 27.0. The number of hydrogen-bond acceptors (Lipinski definition) is 10. The monoisotopic (exact) mass is 762 g/mol. The molecule has 1 heterocycles. The van der Waals surface area contributed by atoms with Gasteiger partial charge < -0.3 is 39.3 Å². The zero-order chi connectivity index (χ0) is 38.5. The molecular formula is C39H71O12P. The molecule has 0 aromatic carbocycles. The fourth-order valence-electron chi connectivity index (χ4n) is 6.18. The van der Waals surface area contributed by atoms with Gasteiger partial charge in [-0.25, -0.2) is 4.57 Å². The molecule has 13 heteroatoms. The van der Waals surface area contributed by atoms with Gasteiger partial charge in [0.05, 0.1) is 24.9 Å². The van der Waals surface area contributed by atoms with E-state index in [1.54, 1.807) is 12.2 Å². The van der Waals surface area contributed by atoms with Crippen LogP contribution in [0, 0.1) is 5.92 Å². The van der Waals surface area contributed by atoms with Crippen LogP contribution in [0.5, 0.6) is 0 Å². The van der Waals surface area contributed by atoms with E-state index >= 15 is 0 Å². The summed E-state index contributed by atoms with van der Waals surface area (Å²) in [6.45, 7) is 3.34. The van der Waals surface area contributed by atoms with Gasteiger partial charge in [-0.1, -0.05) is 134 Å². The Labute approximate surface area is 313 Å². The third-order valence-electron chi connectivity index (χ3n) is 9.27. The molecule has 0 radical (unpaired) electrons. The van der Waals surface area contributed by atoms with E-state index in [4.69, 9.17) is 24.0 Å². The first kappa shape index (κ1) is 48.4. The number of hydrogen-bond donors (Lipinski definition) is 5. The van der Waals surface area contributed by atoms with Gasteiger partial charge in [-0.2, -0.15) is 0 Å². The van der Waals surface area contributed by atoms with Crippen molar-refractivity contribution in [3.05, 3.63) is 24.3 Å². The van der Waals surface area contributed by atoms with E-state index in [9.17, 15) is 29.5 Å². The highest BCUT2D eigenvalue weighted by Crippen LogP contribution is 2.36. The molecule has 0 aromatic heterocycles. The van der Waals surface area contributed by atoms with Crippen molar-refractivity contribution in [2.75, 3.05) is 13.2 Å². The molecule has 6 atom stereocenters. The molecule has 52 heavy (non-hydrogen) atoms. The quantitative estimate of drug-likeness (QED) is 0.0194. The van der Waals surface area contributed by atoms with E-state index < -0.39 is 57.1 Å². The fraction of sp³-hybridized carbons (Fsp3) is 0.846. The van der Waals surface area contributed by atoms with Crippen molar-refractivity contribution in [2.24, 2.45) is 5.92 Å². The minimum atomic E-state index is -4.83. The van der Waals surface area contributed by atoms with E-state index in [0.29, 0.717) is 32.1 Å². The van der Waals surface area contributed by atoms with Gasteiger partial charge in [0.15, 0.2) is 12.4 Å². The minimum absolute atomic E-state index is 0.0201. The largest absolute Gasteiger partial charge is 0.469 e. The number of carbonyl (C=O) groups excluding carboxylic acids is 2. The highest BCUT2D eigenvalue weighted by Gasteiger charge is 2.35. The van der Waals surface area contributed by atoms with Crippen LogP contribution < -0.4 is 0 Å². The number of unbranched alkanes of at least 4 members (excludes halogenated alkanes) is 15. The smallest absolute Gasteiger partial charge is 0.462 e. The van der Waals surface area contributed by atoms with Gasteiger partial charge in [-0.3, -0.25) is 14.1 Å². The maximum Gasteiger partial charge on any atom is 0.469 e. The molecule has 0 amide bonds. The summed E-state index contributed by atoms with van der Waals surface area (Å²) in [5, 5.41) is 30.8. The summed E-state index contributed by atoms with van der Waals surface area (Å²) in [6.07, 6.45) is 23.8. The van der Waals surface area contributed by atoms with Gasteiger partial charge in [0.25, 0.3) is 0 Å². The first-order chi connectivity index (χ1) is 24.9. The second kappa shape index (κ2) is 30.7. The summed E-state index contributed by atoms with van der Waals surface area (Å²) >= 11 is 0. The van der Waals surface area contributed by atoms with E-state index in [-0.39, 0.29) is 31.8 Å². The van der Waals surface area contributed by atoms with Crippen molar-refractivity contribution in [3.63, 3.8) is 0 Å². The second-order valence-electron chi connectivity index (χ2n) is 14.1. The molecule has 0 aromatic rings. The number of aliphatic hydroxyl groups excluding tert-OH is 3. The normalized spacial score (nSPS) is 20.8. The summed E-state index contributed by atoms with van der Waals surface area (Å²) in [5.74, 6) is -1.40. The zero-order valence-electron chi connectivity index (χ0n) is 32.0. The van der Waals surface area contributed by atoms with Crippen LogP contribution in [0.15, 0.2) is 24.3 Å². The molecule has 1 aliphatic rings. The van der Waals surface area contributed by atoms with Crippen LogP contribution in [0.4, 0.5) is 0 Å². The molecule has 1 aliphatic heterocycles. The van der Waals surface area contributed by atoms with E-state index in [0.717, 1.165) is 38.5 Å². The van der Waals surface area contributed by atoms with Crippen molar-refractivity contribution in [2.45, 2.75) is 192 Å². The maximum absolute atomic E-state index is 12.5. The molecule has 0 bridgehead atoms. The summed E-state index contributed by atoms with van der Waals surface area (Å²) < 4.78 is 32.0. The highest BCUT2D eigenvalue weighted by molar-refractivity contribution is 7.46. The molecule has 1 fully saturated rings. The van der Waals surface area contributed by atoms with Crippen LogP contribution in [0.2, 0.25) is 0 Å². The van der Waals surface area contributed by atoms with Crippen molar-refractivity contribution < 1.29 is 58.0 Å². The Hall–Kier alpha value is -1.63. The van der Waals surface area contributed by atoms with Gasteiger partial charge >= 0.3 is 19.8 Å². The van der Waals surface area contributed by atoms with Gasteiger partial charge in [-0.15, -0.1) is 0 Å². The van der Waals surface area contributed by atoms with Crippen LogP contribution >= 0.6 is 7.82 Å². The summed E-state index contributed by atoms with van der Waals surface area (Å²) in [5.41, 5.74) is 0. The number of carbonyl (C=O) groups is 2. The maximum atomic E-state index is 12.5. The van der Waals surface area contributed by atoms with Gasteiger partial charge in [0.2, 0.25) is 0 Å². The lowest BCUT2D eigenvalue weighted by molar-refractivity contribution is -0.199. The van der Waals surface area contributed by atoms with Crippen molar-refractivity contribution in [1.29, 1.82) is 0 Å². The fourth-order valence-corrected chi connectivity index (χ4v) is 6.54. The predicted molar refractivity (Wildman–Crippen MR) is 201 cm³/mol. The summed E-state index contributed by atoms with van der Waals surface area (Å²) in [6, 6.07) is 0. The number of rotatable bonds is 32. The Kier molecular flexibility index (Phi) is 28.5. The standard InChI is InChI=1S/C39H71O12P/c1-3-5-7-8-9-10-11-12-13-14-15-16-21-25-37(42)48-30-33(31-49-52(45,46)47)50-38(43)26-22-18-17-20-24-34-35(41)29-39(44)51-36(34)28-27-32(40)23-19-6-4-2/h17,20,27-28,32-36,39-41,44H,3-16,18-19,21-26,29-31H2,1-2H3,(H2,45,46,47)/b20-17-,28-27+/t32-,33+,34-,35-,36+,39?/m0/s1. The molecule has 0 spiro atoms. The van der Waals surface area contributed by atoms with E-state index in [1.165, 1.54) is 57.8 Å². The van der Waals surface area contributed by atoms with Crippen molar-refractivity contribution in [3.8, 4) is 0 Å². The lowest BCUT2D eigenvalue weighted by Crippen LogP contribution is -2.43. The van der Waals surface area contributed by atoms with Crippen molar-refractivity contribution >= 4 is 19.8 Å². The Morgan fingerprint density at radius 3 is 1.98 bits per heavy atom. The zero-order valence-corrected chi connectivity index (χ0v) is 32.9. The lowest BCUT2D eigenvalue weighted by atomic mass is 9.87. The molecule has 12 nitrogen and oxygen atoms in total. The van der Waals surface area contributed by atoms with Gasteiger partial charge in [-0.05, 0) is 32.1 Å². The van der Waals surface area contributed by atoms with Crippen LogP contribution in [-0.2, 0) is 32.9 Å². The molecule has 0 aliphatic carbocycles. The third-order valence-corrected chi connectivity index (χ3v) is 9.75. The number of ether oxygens (including phenoxy) is 3. The van der Waals surface area contributed by atoms with Gasteiger partial charge in [0.1, 0.15) is 6.61 Å². The number of esters is 2. The molecular weight excluding hydrogens is 691 g/mol. The number of phosphoric acid groups is 1. The van der Waals surface area contributed by atoms with Crippen molar-refractivity contribution in [1.82, 2.24) is 0 Å². The molecule has 0 saturated carbocycles. The molecule has 1 rings (SSSR count). The number of aliphatic hydroxyl groups is 3. The Balaban J connectivity index is 2.37. The molecule has 1 unspecified atom stereocenters.